The number of hydrogen-bond acceptors (Lipinski definition) is 8. The van der Waals surface area contributed by atoms with Gasteiger partial charge in [-0.1, -0.05) is 18.3 Å². The van der Waals surface area contributed by atoms with Crippen molar-refractivity contribution >= 4 is 29.4 Å². The van der Waals surface area contributed by atoms with E-state index in [4.69, 9.17) is 19.8 Å². The van der Waals surface area contributed by atoms with Gasteiger partial charge in [0, 0.05) is 25.0 Å². The molecule has 2 aromatic rings. The fourth-order valence-corrected chi connectivity index (χ4v) is 5.06. The van der Waals surface area contributed by atoms with E-state index in [1.54, 1.807) is 0 Å². The van der Waals surface area contributed by atoms with Crippen molar-refractivity contribution in [3.05, 3.63) is 40.7 Å². The summed E-state index contributed by atoms with van der Waals surface area (Å²) in [5.74, 6) is -5.29. The zero-order valence-electron chi connectivity index (χ0n) is 22.0. The molecule has 17 heteroatoms. The van der Waals surface area contributed by atoms with Gasteiger partial charge in [-0.05, 0) is 79.3 Å². The van der Waals surface area contributed by atoms with Crippen LogP contribution in [0.15, 0.2) is 24.5 Å². The molecule has 4 rings (SSSR count). The van der Waals surface area contributed by atoms with Crippen LogP contribution in [0.5, 0.6) is 0 Å². The summed E-state index contributed by atoms with van der Waals surface area (Å²) in [4.78, 5) is 37.9. The Balaban J connectivity index is 0.000000349. The van der Waals surface area contributed by atoms with Gasteiger partial charge in [-0.2, -0.15) is 26.3 Å². The minimum Gasteiger partial charge on any atom is -0.475 e. The van der Waals surface area contributed by atoms with E-state index in [0.717, 1.165) is 37.4 Å². The number of carbonyl (C=O) groups excluding carboxylic acids is 1. The average Bonchev–Trinajstić information content (AvgIpc) is 3.35. The quantitative estimate of drug-likeness (QED) is 0.415. The summed E-state index contributed by atoms with van der Waals surface area (Å²) in [6.45, 7) is 7.43. The topological polar surface area (TPSA) is 146 Å². The molecule has 10 nitrogen and oxygen atoms in total. The first-order chi connectivity index (χ1) is 18.9. The Morgan fingerprint density at radius 1 is 1.02 bits per heavy atom. The average molecular weight is 614 g/mol. The molecule has 0 radical (unpaired) electrons. The number of hydrogen-bond donors (Lipinski definition) is 3. The van der Waals surface area contributed by atoms with E-state index < -0.39 is 24.3 Å². The Morgan fingerprint density at radius 3 is 1.95 bits per heavy atom. The first-order valence-electron chi connectivity index (χ1n) is 12.3. The monoisotopic (exact) mass is 613 g/mol. The summed E-state index contributed by atoms with van der Waals surface area (Å²) in [6, 6.07) is 4.47. The maximum atomic E-state index is 12.5. The molecule has 0 unspecified atom stereocenters. The summed E-state index contributed by atoms with van der Waals surface area (Å²) in [5, 5.41) is 21.5. The molecule has 2 fully saturated rings. The number of rotatable bonds is 5. The molecule has 0 bridgehead atoms. The zero-order valence-corrected chi connectivity index (χ0v) is 22.8. The van der Waals surface area contributed by atoms with Crippen molar-refractivity contribution in [1.82, 2.24) is 24.8 Å². The molecule has 41 heavy (non-hydrogen) atoms. The van der Waals surface area contributed by atoms with E-state index in [9.17, 15) is 31.1 Å². The van der Waals surface area contributed by atoms with Crippen LogP contribution < -0.4 is 5.32 Å². The molecule has 1 amide bonds. The third-order valence-corrected chi connectivity index (χ3v) is 7.53. The van der Waals surface area contributed by atoms with E-state index in [0.29, 0.717) is 11.1 Å². The first-order valence-corrected chi connectivity index (χ1v) is 13.1. The van der Waals surface area contributed by atoms with E-state index in [1.807, 2.05) is 12.4 Å². The second-order valence-corrected chi connectivity index (χ2v) is 10.7. The molecular formula is C24H29F6N5O5S. The minimum absolute atomic E-state index is 0.0533. The van der Waals surface area contributed by atoms with Crippen LogP contribution in [0.1, 0.15) is 66.4 Å². The predicted molar refractivity (Wildman–Crippen MR) is 133 cm³/mol. The summed E-state index contributed by atoms with van der Waals surface area (Å²) in [6.07, 6.45) is -1.81. The lowest BCUT2D eigenvalue weighted by Gasteiger charge is -2.52. The number of carboxylic acids is 2. The van der Waals surface area contributed by atoms with Crippen molar-refractivity contribution in [2.75, 3.05) is 13.1 Å². The lowest BCUT2D eigenvalue weighted by atomic mass is 9.60. The molecule has 1 saturated heterocycles. The van der Waals surface area contributed by atoms with Gasteiger partial charge in [0.15, 0.2) is 5.69 Å². The van der Waals surface area contributed by atoms with Crippen molar-refractivity contribution in [2.24, 2.45) is 5.41 Å². The SMILES string of the molecule is CC(C)c1snnc1C(=O)NC1CC2(CCN(Cc3ccncc3)CC2)C1.O=C(O)C(F)(F)F.O=C(O)C(F)(F)F. The highest BCUT2D eigenvalue weighted by Crippen LogP contribution is 2.49. The van der Waals surface area contributed by atoms with Gasteiger partial charge in [0.25, 0.3) is 5.91 Å². The van der Waals surface area contributed by atoms with Crippen LogP contribution in [0.4, 0.5) is 26.3 Å². The Morgan fingerprint density at radius 2 is 1.51 bits per heavy atom. The van der Waals surface area contributed by atoms with Gasteiger partial charge >= 0.3 is 24.3 Å². The number of pyridine rings is 1. The molecule has 1 spiro atoms. The first kappa shape index (κ1) is 33.9. The van der Waals surface area contributed by atoms with Crippen molar-refractivity contribution in [3.63, 3.8) is 0 Å². The fraction of sp³-hybridized carbons (Fsp3) is 0.583. The van der Waals surface area contributed by atoms with Crippen LogP contribution in [0.3, 0.4) is 0 Å². The Bertz CT molecular complexity index is 1140. The number of carbonyl (C=O) groups is 3. The second-order valence-electron chi connectivity index (χ2n) is 9.96. The van der Waals surface area contributed by atoms with Crippen molar-refractivity contribution in [2.45, 2.75) is 70.4 Å². The maximum absolute atomic E-state index is 12.5. The molecule has 3 N–H and O–H groups in total. The molecule has 2 aromatic heterocycles. The largest absolute Gasteiger partial charge is 0.490 e. The van der Waals surface area contributed by atoms with Crippen LogP contribution in [0, 0.1) is 5.41 Å². The number of alkyl halides is 6. The molecule has 3 heterocycles. The van der Waals surface area contributed by atoms with Crippen LogP contribution in [-0.2, 0) is 16.1 Å². The Labute approximate surface area is 234 Å². The van der Waals surface area contributed by atoms with Gasteiger partial charge in [-0.25, -0.2) is 9.59 Å². The van der Waals surface area contributed by atoms with Gasteiger partial charge in [0.2, 0.25) is 0 Å². The maximum Gasteiger partial charge on any atom is 0.490 e. The number of piperidine rings is 1. The minimum atomic E-state index is -5.08. The molecule has 1 saturated carbocycles. The van der Waals surface area contributed by atoms with Gasteiger partial charge < -0.3 is 15.5 Å². The van der Waals surface area contributed by atoms with E-state index in [1.165, 1.54) is 29.9 Å². The fourth-order valence-electron chi connectivity index (χ4n) is 4.42. The summed E-state index contributed by atoms with van der Waals surface area (Å²) in [7, 11) is 0. The summed E-state index contributed by atoms with van der Waals surface area (Å²) < 4.78 is 67.4. The summed E-state index contributed by atoms with van der Waals surface area (Å²) >= 11 is 1.33. The number of aliphatic carboxylic acids is 2. The Hall–Kier alpha value is -3.34. The lowest BCUT2D eigenvalue weighted by molar-refractivity contribution is -0.193. The van der Waals surface area contributed by atoms with E-state index in [2.05, 4.69) is 50.8 Å². The van der Waals surface area contributed by atoms with Gasteiger partial charge in [0.1, 0.15) is 0 Å². The highest BCUT2D eigenvalue weighted by molar-refractivity contribution is 7.05. The number of halogens is 6. The van der Waals surface area contributed by atoms with Crippen LogP contribution in [0.25, 0.3) is 0 Å². The normalized spacial score (nSPS) is 17.0. The number of nitrogens with zero attached hydrogens (tertiary/aromatic N) is 4. The molecule has 1 aliphatic heterocycles. The highest BCUT2D eigenvalue weighted by atomic mass is 32.1. The van der Waals surface area contributed by atoms with E-state index in [-0.39, 0.29) is 17.9 Å². The Kier molecular flexibility index (Phi) is 11.6. The number of nitrogens with one attached hydrogen (secondary N) is 1. The number of amides is 1. The second kappa shape index (κ2) is 14.0. The third kappa shape index (κ3) is 10.5. The predicted octanol–water partition coefficient (Wildman–Crippen LogP) is 4.50. The van der Waals surface area contributed by atoms with E-state index >= 15 is 0 Å². The zero-order chi connectivity index (χ0) is 31.0. The molecule has 228 valence electrons. The highest BCUT2D eigenvalue weighted by Gasteiger charge is 2.46. The van der Waals surface area contributed by atoms with Gasteiger partial charge in [-0.3, -0.25) is 14.7 Å². The van der Waals surface area contributed by atoms with Crippen molar-refractivity contribution in [3.8, 4) is 0 Å². The van der Waals surface area contributed by atoms with Crippen LogP contribution >= 0.6 is 11.5 Å². The van der Waals surface area contributed by atoms with Crippen molar-refractivity contribution < 1.29 is 50.9 Å². The van der Waals surface area contributed by atoms with Crippen LogP contribution in [0.2, 0.25) is 0 Å². The summed E-state index contributed by atoms with van der Waals surface area (Å²) in [5.41, 5.74) is 2.27. The molecule has 0 aromatic carbocycles. The van der Waals surface area contributed by atoms with Gasteiger partial charge in [0.05, 0.1) is 4.88 Å². The molecule has 2 aliphatic rings. The molecule has 0 atom stereocenters. The standard InChI is InChI=1S/C20H27N5OS.2C2HF3O2/c1-14(2)18-17(23-24-27-18)19(26)22-16-11-20(12-16)5-9-25(10-6-20)13-15-3-7-21-8-4-15;2*3-2(4,5)1(6)7/h3-4,7-8,14,16H,5-6,9-13H2,1-2H3,(H,22,26);2*(H,6,7). The smallest absolute Gasteiger partial charge is 0.475 e. The van der Waals surface area contributed by atoms with Crippen molar-refractivity contribution in [1.29, 1.82) is 0 Å². The third-order valence-electron chi connectivity index (χ3n) is 6.50. The number of carboxylic acid groups (broad SMARTS) is 2. The number of aromatic nitrogens is 3. The molecule has 1 aliphatic carbocycles. The number of likely N-dealkylation sites (tertiary alicyclic amines) is 1. The van der Waals surface area contributed by atoms with Gasteiger partial charge in [-0.15, -0.1) is 5.10 Å². The van der Waals surface area contributed by atoms with Crippen LogP contribution in [-0.4, -0.2) is 79.0 Å². The molecular weight excluding hydrogens is 584 g/mol. The lowest BCUT2D eigenvalue weighted by Crippen LogP contribution is -2.54.